The number of hydrogen-bond acceptors (Lipinski definition) is 5. The van der Waals surface area contributed by atoms with Gasteiger partial charge in [-0.3, -0.25) is 9.69 Å². The van der Waals surface area contributed by atoms with Gasteiger partial charge in [0.15, 0.2) is 11.5 Å². The van der Waals surface area contributed by atoms with Crippen LogP contribution in [0.4, 0.5) is 0 Å². The normalized spacial score (nSPS) is 24.4. The van der Waals surface area contributed by atoms with E-state index in [1.807, 2.05) is 23.1 Å². The molecule has 2 aliphatic heterocycles. The Morgan fingerprint density at radius 2 is 2.04 bits per heavy atom. The highest BCUT2D eigenvalue weighted by molar-refractivity contribution is 5.79. The van der Waals surface area contributed by atoms with Crippen LogP contribution in [0.5, 0.6) is 11.5 Å². The van der Waals surface area contributed by atoms with Crippen molar-refractivity contribution in [2.24, 2.45) is 0 Å². The van der Waals surface area contributed by atoms with E-state index in [1.54, 1.807) is 14.2 Å². The summed E-state index contributed by atoms with van der Waals surface area (Å²) in [7, 11) is 3.27. The molecule has 0 aromatic heterocycles. The monoisotopic (exact) mass is 348 g/mol. The van der Waals surface area contributed by atoms with Crippen molar-refractivity contribution >= 4 is 5.91 Å². The maximum atomic E-state index is 12.9. The highest BCUT2D eigenvalue weighted by Crippen LogP contribution is 2.37. The van der Waals surface area contributed by atoms with E-state index < -0.39 is 0 Å². The van der Waals surface area contributed by atoms with Crippen molar-refractivity contribution in [2.45, 2.75) is 31.8 Å². The molecule has 0 spiro atoms. The lowest BCUT2D eigenvalue weighted by Gasteiger charge is -2.35. The second kappa shape index (κ2) is 8.06. The third kappa shape index (κ3) is 3.90. The summed E-state index contributed by atoms with van der Waals surface area (Å²) in [6.07, 6.45) is 2.02. The van der Waals surface area contributed by atoms with E-state index in [9.17, 15) is 4.79 Å². The number of rotatable bonds is 5. The predicted molar refractivity (Wildman–Crippen MR) is 95.1 cm³/mol. The number of nitrogens with zero attached hydrogens (tertiary/aromatic N) is 2. The molecule has 1 aromatic rings. The first-order valence-electron chi connectivity index (χ1n) is 8.97. The van der Waals surface area contributed by atoms with Crippen molar-refractivity contribution in [1.82, 2.24) is 9.80 Å². The Morgan fingerprint density at radius 3 is 2.76 bits per heavy atom. The maximum absolute atomic E-state index is 12.9. The molecule has 6 heteroatoms. The van der Waals surface area contributed by atoms with E-state index in [-0.39, 0.29) is 11.9 Å². The molecule has 1 aromatic carbocycles. The van der Waals surface area contributed by atoms with Gasteiger partial charge in [-0.1, -0.05) is 6.07 Å². The summed E-state index contributed by atoms with van der Waals surface area (Å²) in [5.74, 6) is 1.62. The number of likely N-dealkylation sites (tertiary alicyclic amines) is 1. The van der Waals surface area contributed by atoms with Gasteiger partial charge in [0.05, 0.1) is 40.0 Å². The predicted octanol–water partition coefficient (Wildman–Crippen LogP) is 2.09. The molecule has 2 heterocycles. The molecule has 0 aliphatic carbocycles. The number of methoxy groups -OCH3 is 2. The first-order chi connectivity index (χ1) is 12.1. The highest BCUT2D eigenvalue weighted by atomic mass is 16.5. The van der Waals surface area contributed by atoms with Gasteiger partial charge in [0.2, 0.25) is 5.91 Å². The first kappa shape index (κ1) is 18.0. The van der Waals surface area contributed by atoms with Gasteiger partial charge < -0.3 is 19.1 Å². The molecule has 138 valence electrons. The van der Waals surface area contributed by atoms with Crippen LogP contribution in [0.15, 0.2) is 18.2 Å². The zero-order valence-corrected chi connectivity index (χ0v) is 15.4. The Hall–Kier alpha value is -1.79. The molecule has 3 rings (SSSR count). The Bertz CT molecular complexity index is 607. The number of carbonyl (C=O) groups excluding carboxylic acids is 1. The summed E-state index contributed by atoms with van der Waals surface area (Å²) in [6, 6.07) is 6.35. The maximum Gasteiger partial charge on any atom is 0.237 e. The second-order valence-electron chi connectivity index (χ2n) is 6.75. The summed E-state index contributed by atoms with van der Waals surface area (Å²) in [5.41, 5.74) is 1.11. The largest absolute Gasteiger partial charge is 0.493 e. The van der Waals surface area contributed by atoms with Crippen LogP contribution in [0.25, 0.3) is 0 Å². The highest BCUT2D eigenvalue weighted by Gasteiger charge is 2.32. The van der Waals surface area contributed by atoms with Gasteiger partial charge in [0, 0.05) is 19.1 Å². The minimum absolute atomic E-state index is 0.114. The summed E-state index contributed by atoms with van der Waals surface area (Å²) < 4.78 is 16.2. The van der Waals surface area contributed by atoms with Gasteiger partial charge in [-0.25, -0.2) is 0 Å². The molecule has 2 aliphatic rings. The molecule has 2 fully saturated rings. The average Bonchev–Trinajstić information content (AvgIpc) is 3.13. The van der Waals surface area contributed by atoms with Crippen LogP contribution in [0.3, 0.4) is 0 Å². The third-order valence-corrected chi connectivity index (χ3v) is 5.21. The summed E-state index contributed by atoms with van der Waals surface area (Å²) >= 11 is 0. The van der Waals surface area contributed by atoms with Gasteiger partial charge in [-0.15, -0.1) is 0 Å². The number of ether oxygens (including phenoxy) is 3. The molecule has 25 heavy (non-hydrogen) atoms. The number of carbonyl (C=O) groups is 1. The zero-order chi connectivity index (χ0) is 17.8. The number of benzene rings is 1. The van der Waals surface area contributed by atoms with Crippen LogP contribution >= 0.6 is 0 Å². The van der Waals surface area contributed by atoms with Crippen molar-refractivity contribution < 1.29 is 19.0 Å². The smallest absolute Gasteiger partial charge is 0.237 e. The van der Waals surface area contributed by atoms with Gasteiger partial charge in [0.25, 0.3) is 0 Å². The lowest BCUT2D eigenvalue weighted by molar-refractivity contribution is -0.135. The fourth-order valence-corrected chi connectivity index (χ4v) is 3.73. The van der Waals surface area contributed by atoms with Crippen molar-refractivity contribution in [3.05, 3.63) is 23.8 Å². The number of hydrogen-bond donors (Lipinski definition) is 0. The van der Waals surface area contributed by atoms with Gasteiger partial charge in [-0.05, 0) is 37.5 Å². The number of amides is 1. The Labute approximate surface area is 149 Å². The Morgan fingerprint density at radius 1 is 1.24 bits per heavy atom. The molecule has 1 amide bonds. The molecule has 2 atom stereocenters. The SMILES string of the molecule is COc1ccc([C@@H]2CCCN2C(=O)CN2CCOC[C@@H]2C)cc1OC. The van der Waals surface area contributed by atoms with Gasteiger partial charge in [-0.2, -0.15) is 0 Å². The van der Waals surface area contributed by atoms with Crippen LogP contribution in [-0.4, -0.2) is 68.8 Å². The van der Waals surface area contributed by atoms with E-state index in [0.717, 1.165) is 31.5 Å². The topological polar surface area (TPSA) is 51.2 Å². The molecular formula is C19H28N2O4. The van der Waals surface area contributed by atoms with Crippen LogP contribution < -0.4 is 9.47 Å². The van der Waals surface area contributed by atoms with Crippen molar-refractivity contribution in [1.29, 1.82) is 0 Å². The van der Waals surface area contributed by atoms with E-state index in [4.69, 9.17) is 14.2 Å². The average molecular weight is 348 g/mol. The van der Waals surface area contributed by atoms with Gasteiger partial charge in [0.1, 0.15) is 0 Å². The first-order valence-corrected chi connectivity index (χ1v) is 8.97. The van der Waals surface area contributed by atoms with Gasteiger partial charge >= 0.3 is 0 Å². The Balaban J connectivity index is 1.72. The Kier molecular flexibility index (Phi) is 5.81. The molecule has 0 bridgehead atoms. The van der Waals surface area contributed by atoms with Crippen LogP contribution in [0.1, 0.15) is 31.4 Å². The molecule has 0 N–H and O–H groups in total. The lowest BCUT2D eigenvalue weighted by Crippen LogP contribution is -2.49. The molecule has 0 radical (unpaired) electrons. The van der Waals surface area contributed by atoms with Crippen molar-refractivity contribution in [3.63, 3.8) is 0 Å². The van der Waals surface area contributed by atoms with Crippen molar-refractivity contribution in [3.8, 4) is 11.5 Å². The van der Waals surface area contributed by atoms with Crippen LogP contribution in [0.2, 0.25) is 0 Å². The minimum atomic E-state index is 0.114. The van der Waals surface area contributed by atoms with E-state index in [2.05, 4.69) is 11.8 Å². The second-order valence-corrected chi connectivity index (χ2v) is 6.75. The lowest BCUT2D eigenvalue weighted by atomic mass is 10.0. The zero-order valence-electron chi connectivity index (χ0n) is 15.4. The fourth-order valence-electron chi connectivity index (χ4n) is 3.73. The van der Waals surface area contributed by atoms with E-state index in [0.29, 0.717) is 37.3 Å². The number of morpholine rings is 1. The van der Waals surface area contributed by atoms with E-state index >= 15 is 0 Å². The summed E-state index contributed by atoms with van der Waals surface area (Å²) in [5, 5.41) is 0. The molecule has 2 saturated heterocycles. The third-order valence-electron chi connectivity index (χ3n) is 5.21. The molecular weight excluding hydrogens is 320 g/mol. The van der Waals surface area contributed by atoms with E-state index in [1.165, 1.54) is 0 Å². The molecule has 0 saturated carbocycles. The minimum Gasteiger partial charge on any atom is -0.493 e. The quantitative estimate of drug-likeness (QED) is 0.816. The summed E-state index contributed by atoms with van der Waals surface area (Å²) in [6.45, 7) is 5.62. The molecule has 6 nitrogen and oxygen atoms in total. The fraction of sp³-hybridized carbons (Fsp3) is 0.632. The van der Waals surface area contributed by atoms with Crippen molar-refractivity contribution in [2.75, 3.05) is 47.1 Å². The summed E-state index contributed by atoms with van der Waals surface area (Å²) in [4.78, 5) is 17.1. The van der Waals surface area contributed by atoms with Crippen LogP contribution in [-0.2, 0) is 9.53 Å². The van der Waals surface area contributed by atoms with Crippen LogP contribution in [0, 0.1) is 0 Å². The molecule has 0 unspecified atom stereocenters. The standard InChI is InChI=1S/C19H28N2O4/c1-14-13-25-10-9-20(14)12-19(22)21-8-4-5-16(21)15-6-7-17(23-2)18(11-15)24-3/h6-7,11,14,16H,4-5,8-10,12-13H2,1-3H3/t14-,16-/m0/s1.